The van der Waals surface area contributed by atoms with Gasteiger partial charge in [0.1, 0.15) is 0 Å². The van der Waals surface area contributed by atoms with E-state index >= 15 is 0 Å². The van der Waals surface area contributed by atoms with E-state index in [9.17, 15) is 9.59 Å². The maximum Gasteiger partial charge on any atom is 0.327 e. The molecule has 1 aromatic rings. The lowest BCUT2D eigenvalue weighted by atomic mass is 9.83. The number of urea groups is 1. The van der Waals surface area contributed by atoms with Gasteiger partial charge in [-0.15, -0.1) is 0 Å². The molecule has 126 valence electrons. The van der Waals surface area contributed by atoms with Gasteiger partial charge in [0.25, 0.3) is 0 Å². The van der Waals surface area contributed by atoms with Crippen LogP contribution in [0.4, 0.5) is 4.79 Å². The average molecular weight is 324 g/mol. The van der Waals surface area contributed by atoms with Crippen LogP contribution in [0.1, 0.15) is 31.9 Å². The van der Waals surface area contributed by atoms with Crippen molar-refractivity contribution in [2.24, 2.45) is 23.7 Å². The number of nitrogens with zero attached hydrogens (tertiary/aromatic N) is 2. The van der Waals surface area contributed by atoms with Gasteiger partial charge in [0.2, 0.25) is 5.91 Å². The normalized spacial score (nSPS) is 37.5. The van der Waals surface area contributed by atoms with Crippen LogP contribution in [0.5, 0.6) is 0 Å². The van der Waals surface area contributed by atoms with Gasteiger partial charge in [-0.1, -0.05) is 49.4 Å². The van der Waals surface area contributed by atoms with Crippen LogP contribution in [-0.2, 0) is 4.79 Å². The van der Waals surface area contributed by atoms with Crippen molar-refractivity contribution in [3.63, 3.8) is 0 Å². The largest absolute Gasteiger partial charge is 0.327 e. The summed E-state index contributed by atoms with van der Waals surface area (Å²) in [5.74, 6) is 1.05. The van der Waals surface area contributed by atoms with E-state index in [4.69, 9.17) is 0 Å². The molecule has 24 heavy (non-hydrogen) atoms. The van der Waals surface area contributed by atoms with Crippen LogP contribution in [0.25, 0.3) is 0 Å². The Kier molecular flexibility index (Phi) is 3.52. The van der Waals surface area contributed by atoms with E-state index in [-0.39, 0.29) is 29.9 Å². The monoisotopic (exact) mass is 324 g/mol. The highest BCUT2D eigenvalue weighted by atomic mass is 16.2. The predicted molar refractivity (Wildman–Crippen MR) is 92.0 cm³/mol. The highest BCUT2D eigenvalue weighted by molar-refractivity contribution is 5.98. The van der Waals surface area contributed by atoms with Crippen molar-refractivity contribution in [1.29, 1.82) is 0 Å². The molecular weight excluding hydrogens is 300 g/mol. The van der Waals surface area contributed by atoms with Crippen LogP contribution < -0.4 is 0 Å². The molecule has 1 saturated carbocycles. The molecule has 0 unspecified atom stereocenters. The summed E-state index contributed by atoms with van der Waals surface area (Å²) < 4.78 is 0. The zero-order valence-corrected chi connectivity index (χ0v) is 14.4. The summed E-state index contributed by atoms with van der Waals surface area (Å²) >= 11 is 0. The SMILES string of the molecule is C[C@@H]1[C@@H](C(=O)N2C(=O)N(C)[C@@H](C)[C@H]2c2ccccc2)[C@H]2C=C[C@@H]1C2. The number of hydrogen-bond donors (Lipinski definition) is 0. The standard InChI is InChI=1S/C20H24N2O2/c1-12-15-9-10-16(11-15)17(12)19(23)22-18(13(2)21(3)20(22)24)14-7-5-4-6-8-14/h4-10,12-13,15-18H,11H2,1-3H3/t12-,13-,15+,16-,17+,18-/m0/s1. The Hall–Kier alpha value is -2.10. The number of imide groups is 1. The van der Waals surface area contributed by atoms with Gasteiger partial charge < -0.3 is 4.90 Å². The Balaban J connectivity index is 1.70. The number of likely N-dealkylation sites (N-methyl/N-ethyl adjacent to an activating group) is 1. The summed E-state index contributed by atoms with van der Waals surface area (Å²) in [5.41, 5.74) is 1.03. The number of fused-ring (bicyclic) bond motifs is 2. The lowest BCUT2D eigenvalue weighted by Gasteiger charge is -2.31. The molecule has 0 N–H and O–H groups in total. The van der Waals surface area contributed by atoms with Crippen molar-refractivity contribution < 1.29 is 9.59 Å². The van der Waals surface area contributed by atoms with E-state index in [1.165, 1.54) is 4.90 Å². The molecule has 4 rings (SSSR count). The molecule has 2 bridgehead atoms. The number of allylic oxidation sites excluding steroid dienone is 2. The first-order chi connectivity index (χ1) is 11.5. The van der Waals surface area contributed by atoms with Crippen molar-refractivity contribution in [3.05, 3.63) is 48.0 Å². The maximum absolute atomic E-state index is 13.4. The van der Waals surface area contributed by atoms with Gasteiger partial charge in [-0.3, -0.25) is 9.69 Å². The van der Waals surface area contributed by atoms with E-state index < -0.39 is 0 Å². The molecule has 4 heteroatoms. The van der Waals surface area contributed by atoms with Crippen LogP contribution in [0.2, 0.25) is 0 Å². The quantitative estimate of drug-likeness (QED) is 0.782. The van der Waals surface area contributed by atoms with Gasteiger partial charge in [0.05, 0.1) is 12.1 Å². The molecule has 3 amide bonds. The zero-order valence-electron chi connectivity index (χ0n) is 14.4. The fourth-order valence-electron chi connectivity index (χ4n) is 4.84. The van der Waals surface area contributed by atoms with Crippen LogP contribution >= 0.6 is 0 Å². The minimum absolute atomic E-state index is 0.00871. The molecule has 1 saturated heterocycles. The molecule has 1 heterocycles. The minimum atomic E-state index is -0.202. The smallest absolute Gasteiger partial charge is 0.322 e. The summed E-state index contributed by atoms with van der Waals surface area (Å²) in [6.07, 6.45) is 5.48. The Bertz CT molecular complexity index is 699. The first-order valence-corrected chi connectivity index (χ1v) is 8.84. The maximum atomic E-state index is 13.4. The third-order valence-electron chi connectivity index (χ3n) is 6.37. The fourth-order valence-corrected chi connectivity index (χ4v) is 4.84. The summed E-state index contributed by atoms with van der Waals surface area (Å²) in [5, 5.41) is 0. The lowest BCUT2D eigenvalue weighted by molar-refractivity contribution is -0.135. The molecule has 0 radical (unpaired) electrons. The van der Waals surface area contributed by atoms with Crippen LogP contribution in [0.3, 0.4) is 0 Å². The molecule has 6 atom stereocenters. The second kappa shape index (κ2) is 5.47. The Labute approximate surface area is 143 Å². The van der Waals surface area contributed by atoms with Gasteiger partial charge in [0, 0.05) is 13.0 Å². The highest BCUT2D eigenvalue weighted by Crippen LogP contribution is 2.49. The highest BCUT2D eigenvalue weighted by Gasteiger charge is 2.53. The molecule has 3 aliphatic rings. The van der Waals surface area contributed by atoms with Crippen molar-refractivity contribution in [3.8, 4) is 0 Å². The topological polar surface area (TPSA) is 40.6 Å². The number of carbonyl (C=O) groups excluding carboxylic acids is 2. The molecule has 0 aromatic heterocycles. The third kappa shape index (κ3) is 2.05. The van der Waals surface area contributed by atoms with E-state index in [1.54, 1.807) is 11.9 Å². The minimum Gasteiger partial charge on any atom is -0.322 e. The summed E-state index contributed by atoms with van der Waals surface area (Å²) in [6.45, 7) is 4.18. The van der Waals surface area contributed by atoms with Gasteiger partial charge in [-0.05, 0) is 36.7 Å². The van der Waals surface area contributed by atoms with E-state index in [1.807, 2.05) is 37.3 Å². The Morgan fingerprint density at radius 1 is 1.08 bits per heavy atom. The second-order valence-electron chi connectivity index (χ2n) is 7.53. The van der Waals surface area contributed by atoms with Crippen LogP contribution in [-0.4, -0.2) is 34.8 Å². The van der Waals surface area contributed by atoms with Gasteiger partial charge in [-0.2, -0.15) is 0 Å². The number of amides is 3. The number of benzene rings is 1. The van der Waals surface area contributed by atoms with E-state index in [0.29, 0.717) is 17.8 Å². The molecule has 2 aliphatic carbocycles. The lowest BCUT2D eigenvalue weighted by Crippen LogP contribution is -2.43. The number of carbonyl (C=O) groups is 2. The first-order valence-electron chi connectivity index (χ1n) is 8.84. The van der Waals surface area contributed by atoms with E-state index in [2.05, 4.69) is 19.1 Å². The van der Waals surface area contributed by atoms with E-state index in [0.717, 1.165) is 12.0 Å². The average Bonchev–Trinajstić information content (AvgIpc) is 3.24. The van der Waals surface area contributed by atoms with Crippen LogP contribution in [0, 0.1) is 23.7 Å². The summed E-state index contributed by atoms with van der Waals surface area (Å²) in [7, 11) is 1.79. The van der Waals surface area contributed by atoms with Crippen molar-refractivity contribution >= 4 is 11.9 Å². The Morgan fingerprint density at radius 2 is 1.75 bits per heavy atom. The van der Waals surface area contributed by atoms with Gasteiger partial charge in [-0.25, -0.2) is 4.79 Å². The molecular formula is C20H24N2O2. The third-order valence-corrected chi connectivity index (χ3v) is 6.37. The fraction of sp³-hybridized carbons (Fsp3) is 0.500. The van der Waals surface area contributed by atoms with Crippen molar-refractivity contribution in [2.75, 3.05) is 7.05 Å². The molecule has 0 spiro atoms. The summed E-state index contributed by atoms with van der Waals surface area (Å²) in [6, 6.07) is 9.53. The van der Waals surface area contributed by atoms with Crippen LogP contribution in [0.15, 0.2) is 42.5 Å². The zero-order chi connectivity index (χ0) is 17.0. The first kappa shape index (κ1) is 15.4. The molecule has 2 fully saturated rings. The molecule has 1 aliphatic heterocycles. The predicted octanol–water partition coefficient (Wildman–Crippen LogP) is 3.47. The van der Waals surface area contributed by atoms with Crippen molar-refractivity contribution in [2.45, 2.75) is 32.4 Å². The molecule has 1 aromatic carbocycles. The van der Waals surface area contributed by atoms with Crippen molar-refractivity contribution in [1.82, 2.24) is 9.80 Å². The number of hydrogen-bond acceptors (Lipinski definition) is 2. The summed E-state index contributed by atoms with van der Waals surface area (Å²) in [4.78, 5) is 29.4. The Morgan fingerprint density at radius 3 is 2.38 bits per heavy atom. The second-order valence-corrected chi connectivity index (χ2v) is 7.53. The molecule has 4 nitrogen and oxygen atoms in total. The number of rotatable bonds is 2. The van der Waals surface area contributed by atoms with Gasteiger partial charge in [0.15, 0.2) is 0 Å². The van der Waals surface area contributed by atoms with Gasteiger partial charge >= 0.3 is 6.03 Å².